The summed E-state index contributed by atoms with van der Waals surface area (Å²) in [7, 11) is 0. The van der Waals surface area contributed by atoms with Gasteiger partial charge in [-0.3, -0.25) is 9.48 Å². The van der Waals surface area contributed by atoms with Crippen molar-refractivity contribution in [3.8, 4) is 0 Å². The predicted molar refractivity (Wildman–Crippen MR) is 67.2 cm³/mol. The number of amides is 1. The van der Waals surface area contributed by atoms with E-state index in [0.717, 1.165) is 11.3 Å². The van der Waals surface area contributed by atoms with Crippen molar-refractivity contribution < 1.29 is 9.18 Å². The number of aryl methyl sites for hydroxylation is 1. The zero-order chi connectivity index (χ0) is 13.0. The Morgan fingerprint density at radius 2 is 2.50 bits per heavy atom. The van der Waals surface area contributed by atoms with Crippen molar-refractivity contribution in [2.75, 3.05) is 0 Å². The second-order valence-electron chi connectivity index (χ2n) is 3.43. The molecule has 2 aromatic rings. The summed E-state index contributed by atoms with van der Waals surface area (Å²) in [6.45, 7) is 2.63. The molecule has 0 aliphatic heterocycles. The van der Waals surface area contributed by atoms with Gasteiger partial charge in [-0.05, 0) is 19.1 Å². The van der Waals surface area contributed by atoms with E-state index in [1.807, 2.05) is 6.92 Å². The van der Waals surface area contributed by atoms with Crippen LogP contribution in [0.2, 0.25) is 0 Å². The summed E-state index contributed by atoms with van der Waals surface area (Å²) in [5.41, 5.74) is 2.79. The molecular weight excluding hydrogens is 255 g/mol. The molecule has 18 heavy (non-hydrogen) atoms. The molecule has 2 heterocycles. The van der Waals surface area contributed by atoms with E-state index in [9.17, 15) is 9.18 Å². The van der Waals surface area contributed by atoms with Gasteiger partial charge in [0.1, 0.15) is 0 Å². The maximum absolute atomic E-state index is 12.7. The minimum absolute atomic E-state index is 0.285. The topological polar surface area (TPSA) is 59.3 Å². The van der Waals surface area contributed by atoms with Crippen LogP contribution in [0.15, 0.2) is 29.6 Å². The van der Waals surface area contributed by atoms with Crippen LogP contribution in [0.3, 0.4) is 0 Å². The van der Waals surface area contributed by atoms with Crippen LogP contribution >= 0.6 is 11.3 Å². The highest BCUT2D eigenvalue weighted by atomic mass is 32.1. The average Bonchev–Trinajstić information content (AvgIpc) is 2.98. The summed E-state index contributed by atoms with van der Waals surface area (Å²) in [4.78, 5) is 12.3. The Balaban J connectivity index is 1.93. The Hall–Kier alpha value is -2.02. The number of carbonyl (C=O) groups excluding carboxylic acids is 1. The molecule has 2 aromatic heterocycles. The van der Waals surface area contributed by atoms with Crippen molar-refractivity contribution >= 4 is 23.5 Å². The monoisotopic (exact) mass is 266 g/mol. The molecule has 7 heteroatoms. The Morgan fingerprint density at radius 3 is 3.11 bits per heavy atom. The largest absolute Gasteiger partial charge is 0.274 e. The number of nitrogens with one attached hydrogen (secondary N) is 1. The number of aromatic nitrogens is 2. The molecule has 5 nitrogen and oxygen atoms in total. The zero-order valence-corrected chi connectivity index (χ0v) is 10.4. The smallest absolute Gasteiger partial charge is 0.272 e. The highest BCUT2D eigenvalue weighted by molar-refractivity contribution is 7.12. The maximum atomic E-state index is 12.7. The van der Waals surface area contributed by atoms with Crippen LogP contribution in [-0.4, -0.2) is 21.9 Å². The van der Waals surface area contributed by atoms with Crippen LogP contribution in [0.1, 0.15) is 22.2 Å². The first-order valence-electron chi connectivity index (χ1n) is 5.30. The Kier molecular flexibility index (Phi) is 3.83. The van der Waals surface area contributed by atoms with E-state index in [0.29, 0.717) is 17.0 Å². The van der Waals surface area contributed by atoms with E-state index in [4.69, 9.17) is 0 Å². The van der Waals surface area contributed by atoms with Gasteiger partial charge in [-0.25, -0.2) is 5.43 Å². The number of hydrogen-bond acceptors (Lipinski definition) is 4. The van der Waals surface area contributed by atoms with E-state index in [1.54, 1.807) is 16.9 Å². The number of thiophene rings is 1. The van der Waals surface area contributed by atoms with Crippen LogP contribution in [0.5, 0.6) is 0 Å². The number of hydrazone groups is 1. The fourth-order valence-corrected chi connectivity index (χ4v) is 1.87. The molecule has 1 amide bonds. The van der Waals surface area contributed by atoms with Gasteiger partial charge in [-0.15, -0.1) is 11.3 Å². The SMILES string of the molecule is CCn1cc(C(=O)NN=Cc2ccc(F)s2)cn1. The van der Waals surface area contributed by atoms with Gasteiger partial charge in [0.25, 0.3) is 5.91 Å². The predicted octanol–water partition coefficient (Wildman–Crippen LogP) is 1.87. The second kappa shape index (κ2) is 5.54. The lowest BCUT2D eigenvalue weighted by molar-refractivity contribution is 0.0955. The van der Waals surface area contributed by atoms with Crippen LogP contribution in [0.25, 0.3) is 0 Å². The summed E-state index contributed by atoms with van der Waals surface area (Å²) >= 11 is 0.959. The lowest BCUT2D eigenvalue weighted by Gasteiger charge is -1.94. The van der Waals surface area contributed by atoms with Crippen molar-refractivity contribution in [3.05, 3.63) is 40.1 Å². The lowest BCUT2D eigenvalue weighted by Crippen LogP contribution is -2.16. The van der Waals surface area contributed by atoms with Crippen molar-refractivity contribution in [1.29, 1.82) is 0 Å². The summed E-state index contributed by atoms with van der Waals surface area (Å²) < 4.78 is 14.3. The van der Waals surface area contributed by atoms with Crippen LogP contribution < -0.4 is 5.43 Å². The normalized spacial score (nSPS) is 11.0. The highest BCUT2D eigenvalue weighted by Crippen LogP contribution is 2.11. The van der Waals surface area contributed by atoms with Crippen LogP contribution in [0.4, 0.5) is 4.39 Å². The van der Waals surface area contributed by atoms with E-state index in [-0.39, 0.29) is 11.0 Å². The first-order chi connectivity index (χ1) is 8.69. The molecule has 1 N–H and O–H groups in total. The minimum Gasteiger partial charge on any atom is -0.272 e. The lowest BCUT2D eigenvalue weighted by atomic mass is 10.3. The zero-order valence-electron chi connectivity index (χ0n) is 9.63. The molecular formula is C11H11FN4OS. The van der Waals surface area contributed by atoms with E-state index in [1.165, 1.54) is 18.5 Å². The third-order valence-electron chi connectivity index (χ3n) is 2.17. The second-order valence-corrected chi connectivity index (χ2v) is 4.49. The molecule has 2 rings (SSSR count). The molecule has 0 saturated heterocycles. The third-order valence-corrected chi connectivity index (χ3v) is 2.98. The number of carbonyl (C=O) groups is 1. The van der Waals surface area contributed by atoms with Crippen molar-refractivity contribution in [3.63, 3.8) is 0 Å². The molecule has 0 aromatic carbocycles. The fourth-order valence-electron chi connectivity index (χ4n) is 1.27. The molecule has 0 aliphatic rings. The first kappa shape index (κ1) is 12.4. The van der Waals surface area contributed by atoms with Gasteiger partial charge < -0.3 is 0 Å². The molecule has 0 aliphatic carbocycles. The summed E-state index contributed by atoms with van der Waals surface area (Å²) in [5, 5.41) is 7.45. The number of hydrogen-bond donors (Lipinski definition) is 1. The van der Waals surface area contributed by atoms with E-state index in [2.05, 4.69) is 15.6 Å². The van der Waals surface area contributed by atoms with Gasteiger partial charge in [-0.2, -0.15) is 14.6 Å². The summed E-state index contributed by atoms with van der Waals surface area (Å²) in [6, 6.07) is 2.93. The third kappa shape index (κ3) is 3.01. The average molecular weight is 266 g/mol. The summed E-state index contributed by atoms with van der Waals surface area (Å²) in [5.74, 6) is -0.344. The van der Waals surface area contributed by atoms with Gasteiger partial charge >= 0.3 is 0 Å². The standard InChI is InChI=1S/C11H11FN4OS/c1-2-16-7-8(5-14-16)11(17)15-13-6-9-3-4-10(12)18-9/h3-7H,2H2,1H3,(H,15,17). The van der Waals surface area contributed by atoms with Crippen molar-refractivity contribution in [2.45, 2.75) is 13.5 Å². The molecule has 0 radical (unpaired) electrons. The van der Waals surface area contributed by atoms with Crippen molar-refractivity contribution in [2.24, 2.45) is 5.10 Å². The Bertz CT molecular complexity index is 575. The number of nitrogens with zero attached hydrogens (tertiary/aromatic N) is 3. The molecule has 0 spiro atoms. The number of rotatable bonds is 4. The Labute approximate surface area is 107 Å². The van der Waals surface area contributed by atoms with E-state index >= 15 is 0 Å². The first-order valence-corrected chi connectivity index (χ1v) is 6.12. The van der Waals surface area contributed by atoms with E-state index < -0.39 is 0 Å². The molecule has 0 unspecified atom stereocenters. The maximum Gasteiger partial charge on any atom is 0.274 e. The molecule has 0 fully saturated rings. The molecule has 0 atom stereocenters. The van der Waals surface area contributed by atoms with Crippen molar-refractivity contribution in [1.82, 2.24) is 15.2 Å². The molecule has 94 valence electrons. The van der Waals surface area contributed by atoms with Gasteiger partial charge in [0.15, 0.2) is 5.13 Å². The van der Waals surface area contributed by atoms with Gasteiger partial charge in [0, 0.05) is 12.7 Å². The van der Waals surface area contributed by atoms with Crippen LogP contribution in [-0.2, 0) is 6.54 Å². The van der Waals surface area contributed by atoms with Gasteiger partial charge in [0.05, 0.1) is 22.9 Å². The molecule has 0 bridgehead atoms. The number of halogens is 1. The summed E-state index contributed by atoms with van der Waals surface area (Å²) in [6.07, 6.45) is 4.50. The Morgan fingerprint density at radius 1 is 1.67 bits per heavy atom. The van der Waals surface area contributed by atoms with Crippen LogP contribution in [0, 0.1) is 5.13 Å². The fraction of sp³-hybridized carbons (Fsp3) is 0.182. The quantitative estimate of drug-likeness (QED) is 0.678. The minimum atomic E-state index is -0.344. The van der Waals surface area contributed by atoms with Gasteiger partial charge in [-0.1, -0.05) is 0 Å². The molecule has 0 saturated carbocycles. The van der Waals surface area contributed by atoms with Gasteiger partial charge in [0.2, 0.25) is 0 Å². The highest BCUT2D eigenvalue weighted by Gasteiger charge is 2.06.